The minimum absolute atomic E-state index is 0.149. The number of carboxylic acids is 1. The summed E-state index contributed by atoms with van der Waals surface area (Å²) in [5.74, 6) is -0.714. The number of rotatable bonds is 4. The van der Waals surface area contributed by atoms with Gasteiger partial charge in [0.1, 0.15) is 0 Å². The molecule has 0 aromatic heterocycles. The Bertz CT molecular complexity index is 210. The van der Waals surface area contributed by atoms with Gasteiger partial charge in [0, 0.05) is 19.1 Å². The molecule has 0 bridgehead atoms. The first-order valence-corrected chi connectivity index (χ1v) is 5.64. The molecule has 1 N–H and O–H groups in total. The molecule has 0 spiro atoms. The zero-order valence-corrected chi connectivity index (χ0v) is 9.77. The highest BCUT2D eigenvalue weighted by atomic mass is 16.5. The lowest BCUT2D eigenvalue weighted by atomic mass is 10.1. The second kappa shape index (κ2) is 5.47. The molecule has 4 nitrogen and oxygen atoms in total. The van der Waals surface area contributed by atoms with Crippen LogP contribution in [0.2, 0.25) is 0 Å². The molecule has 0 aliphatic carbocycles. The van der Waals surface area contributed by atoms with Gasteiger partial charge >= 0.3 is 5.97 Å². The Balaban J connectivity index is 2.54. The molecule has 4 heteroatoms. The number of ether oxygens (including phenoxy) is 1. The number of aliphatic carboxylic acids is 1. The van der Waals surface area contributed by atoms with E-state index in [1.165, 1.54) is 0 Å². The Morgan fingerprint density at radius 2 is 2.00 bits per heavy atom. The molecule has 1 aliphatic rings. The molecule has 0 radical (unpaired) electrons. The summed E-state index contributed by atoms with van der Waals surface area (Å²) in [5.41, 5.74) is 0. The molecule has 1 heterocycles. The number of hydrogen-bond donors (Lipinski definition) is 1. The zero-order chi connectivity index (χ0) is 11.4. The van der Waals surface area contributed by atoms with Crippen LogP contribution < -0.4 is 0 Å². The van der Waals surface area contributed by atoms with E-state index in [2.05, 4.69) is 4.90 Å². The molecule has 1 fully saturated rings. The first-order chi connectivity index (χ1) is 7.02. The third kappa shape index (κ3) is 3.80. The van der Waals surface area contributed by atoms with Crippen molar-refractivity contribution in [2.75, 3.05) is 13.1 Å². The van der Waals surface area contributed by atoms with Crippen molar-refractivity contribution in [3.63, 3.8) is 0 Å². The lowest BCUT2D eigenvalue weighted by molar-refractivity contribution is -0.140. The molecule has 88 valence electrons. The highest BCUT2D eigenvalue weighted by Crippen LogP contribution is 2.17. The standard InChI is InChI=1S/C11H21NO3/c1-4-10(5-11(13)14)12-6-8(2)15-9(3)7-12/h8-10H,4-7H2,1-3H3,(H,13,14). The van der Waals surface area contributed by atoms with Gasteiger partial charge in [0.2, 0.25) is 0 Å². The Hall–Kier alpha value is -0.610. The minimum Gasteiger partial charge on any atom is -0.481 e. The predicted octanol–water partition coefficient (Wildman–Crippen LogP) is 1.35. The van der Waals surface area contributed by atoms with E-state index in [-0.39, 0.29) is 24.7 Å². The van der Waals surface area contributed by atoms with E-state index in [4.69, 9.17) is 9.84 Å². The third-order valence-electron chi connectivity index (χ3n) is 2.85. The molecular weight excluding hydrogens is 194 g/mol. The van der Waals surface area contributed by atoms with Gasteiger partial charge in [-0.1, -0.05) is 6.92 Å². The Morgan fingerprint density at radius 3 is 2.40 bits per heavy atom. The summed E-state index contributed by atoms with van der Waals surface area (Å²) < 4.78 is 5.63. The van der Waals surface area contributed by atoms with E-state index in [0.717, 1.165) is 19.5 Å². The van der Waals surface area contributed by atoms with Crippen molar-refractivity contribution >= 4 is 5.97 Å². The van der Waals surface area contributed by atoms with Gasteiger partial charge in [-0.15, -0.1) is 0 Å². The van der Waals surface area contributed by atoms with Crippen LogP contribution in [-0.2, 0) is 9.53 Å². The van der Waals surface area contributed by atoms with Gasteiger partial charge in [-0.25, -0.2) is 0 Å². The number of hydrogen-bond acceptors (Lipinski definition) is 3. The summed E-state index contributed by atoms with van der Waals surface area (Å²) in [6.07, 6.45) is 1.52. The maximum absolute atomic E-state index is 10.7. The van der Waals surface area contributed by atoms with Crippen molar-refractivity contribution in [1.82, 2.24) is 4.90 Å². The topological polar surface area (TPSA) is 49.8 Å². The highest BCUT2D eigenvalue weighted by Gasteiger charge is 2.28. The smallest absolute Gasteiger partial charge is 0.304 e. The fourth-order valence-electron chi connectivity index (χ4n) is 2.25. The van der Waals surface area contributed by atoms with Crippen molar-refractivity contribution < 1.29 is 14.6 Å². The van der Waals surface area contributed by atoms with Crippen molar-refractivity contribution in [1.29, 1.82) is 0 Å². The van der Waals surface area contributed by atoms with Crippen LogP contribution in [0.3, 0.4) is 0 Å². The molecule has 15 heavy (non-hydrogen) atoms. The SMILES string of the molecule is CCC(CC(=O)O)N1CC(C)OC(C)C1. The first-order valence-electron chi connectivity index (χ1n) is 5.64. The van der Waals surface area contributed by atoms with Crippen LogP contribution in [0.15, 0.2) is 0 Å². The van der Waals surface area contributed by atoms with E-state index < -0.39 is 5.97 Å². The predicted molar refractivity (Wildman–Crippen MR) is 57.9 cm³/mol. The quantitative estimate of drug-likeness (QED) is 0.769. The van der Waals surface area contributed by atoms with Crippen LogP contribution in [0, 0.1) is 0 Å². The molecule has 0 aromatic carbocycles. The van der Waals surface area contributed by atoms with Crippen molar-refractivity contribution in [3.8, 4) is 0 Å². The molecule has 0 amide bonds. The lowest BCUT2D eigenvalue weighted by Gasteiger charge is -2.39. The van der Waals surface area contributed by atoms with Gasteiger partial charge < -0.3 is 9.84 Å². The van der Waals surface area contributed by atoms with Gasteiger partial charge in [-0.3, -0.25) is 9.69 Å². The normalized spacial score (nSPS) is 30.1. The molecule has 1 aliphatic heterocycles. The monoisotopic (exact) mass is 215 g/mol. The van der Waals surface area contributed by atoms with Gasteiger partial charge in [0.05, 0.1) is 18.6 Å². The van der Waals surface area contributed by atoms with E-state index in [9.17, 15) is 4.79 Å². The van der Waals surface area contributed by atoms with Crippen LogP contribution in [-0.4, -0.2) is 47.3 Å². The second-order valence-electron chi connectivity index (χ2n) is 4.37. The highest BCUT2D eigenvalue weighted by molar-refractivity contribution is 5.67. The number of carbonyl (C=O) groups is 1. The molecule has 3 unspecified atom stereocenters. The largest absolute Gasteiger partial charge is 0.481 e. The number of morpholine rings is 1. The van der Waals surface area contributed by atoms with Crippen LogP contribution in [0.1, 0.15) is 33.6 Å². The molecule has 1 saturated heterocycles. The van der Waals surface area contributed by atoms with Crippen molar-refractivity contribution in [2.24, 2.45) is 0 Å². The lowest BCUT2D eigenvalue weighted by Crippen LogP contribution is -2.50. The van der Waals surface area contributed by atoms with Gasteiger partial charge in [-0.2, -0.15) is 0 Å². The Kier molecular flexibility index (Phi) is 4.54. The molecule has 0 saturated carbocycles. The minimum atomic E-state index is -0.714. The summed E-state index contributed by atoms with van der Waals surface area (Å²) in [4.78, 5) is 13.0. The maximum atomic E-state index is 10.7. The van der Waals surface area contributed by atoms with E-state index >= 15 is 0 Å². The molecule has 3 atom stereocenters. The maximum Gasteiger partial charge on any atom is 0.304 e. The molecular formula is C11H21NO3. The van der Waals surface area contributed by atoms with Gasteiger partial charge in [0.25, 0.3) is 0 Å². The third-order valence-corrected chi connectivity index (χ3v) is 2.85. The number of nitrogens with zero attached hydrogens (tertiary/aromatic N) is 1. The van der Waals surface area contributed by atoms with Crippen LogP contribution in [0.5, 0.6) is 0 Å². The Labute approximate surface area is 91.2 Å². The summed E-state index contributed by atoms with van der Waals surface area (Å²) in [5, 5.41) is 8.82. The summed E-state index contributed by atoms with van der Waals surface area (Å²) in [6, 6.07) is 0.149. The molecule has 1 rings (SSSR count). The summed E-state index contributed by atoms with van der Waals surface area (Å²) in [6.45, 7) is 7.80. The average molecular weight is 215 g/mol. The van der Waals surface area contributed by atoms with E-state index in [1.54, 1.807) is 0 Å². The zero-order valence-electron chi connectivity index (χ0n) is 9.77. The van der Waals surface area contributed by atoms with Crippen LogP contribution in [0.4, 0.5) is 0 Å². The first kappa shape index (κ1) is 12.5. The summed E-state index contributed by atoms with van der Waals surface area (Å²) in [7, 11) is 0. The fraction of sp³-hybridized carbons (Fsp3) is 0.909. The summed E-state index contributed by atoms with van der Waals surface area (Å²) >= 11 is 0. The second-order valence-corrected chi connectivity index (χ2v) is 4.37. The van der Waals surface area contributed by atoms with Crippen LogP contribution >= 0.6 is 0 Å². The molecule has 0 aromatic rings. The number of carboxylic acid groups (broad SMARTS) is 1. The van der Waals surface area contributed by atoms with Gasteiger partial charge in [0.15, 0.2) is 0 Å². The Morgan fingerprint density at radius 1 is 1.47 bits per heavy atom. The van der Waals surface area contributed by atoms with E-state index in [1.807, 2.05) is 20.8 Å². The van der Waals surface area contributed by atoms with Gasteiger partial charge in [-0.05, 0) is 20.3 Å². The average Bonchev–Trinajstić information content (AvgIpc) is 2.12. The van der Waals surface area contributed by atoms with Crippen molar-refractivity contribution in [2.45, 2.75) is 51.9 Å². The van der Waals surface area contributed by atoms with Crippen LogP contribution in [0.25, 0.3) is 0 Å². The van der Waals surface area contributed by atoms with Crippen molar-refractivity contribution in [3.05, 3.63) is 0 Å². The fourth-order valence-corrected chi connectivity index (χ4v) is 2.25. The van der Waals surface area contributed by atoms with E-state index in [0.29, 0.717) is 0 Å².